The molecule has 7 nitrogen and oxygen atoms in total. The molecule has 0 atom stereocenters. The number of nitrogens with one attached hydrogen (secondary N) is 1. The molecular weight excluding hydrogens is 236 g/mol. The Morgan fingerprint density at radius 1 is 1.39 bits per heavy atom. The van der Waals surface area contributed by atoms with Crippen LogP contribution in [0.2, 0.25) is 0 Å². The Hall–Kier alpha value is -1.92. The Kier molecular flexibility index (Phi) is 2.53. The zero-order valence-electron chi connectivity index (χ0n) is 9.89. The van der Waals surface area contributed by atoms with E-state index in [1.54, 1.807) is 0 Å². The highest BCUT2D eigenvalue weighted by Gasteiger charge is 2.48. The predicted molar refractivity (Wildman–Crippen MR) is 59.1 cm³/mol. The molecule has 2 amide bonds. The van der Waals surface area contributed by atoms with Gasteiger partial charge in [0.25, 0.3) is 0 Å². The topological polar surface area (TPSA) is 88.3 Å². The number of hydrogen-bond donors (Lipinski definition) is 1. The molecule has 2 fully saturated rings. The summed E-state index contributed by atoms with van der Waals surface area (Å²) in [5.41, 5.74) is -0.681. The number of amides is 2. The van der Waals surface area contributed by atoms with E-state index >= 15 is 0 Å². The van der Waals surface area contributed by atoms with Gasteiger partial charge in [-0.2, -0.15) is 4.98 Å². The summed E-state index contributed by atoms with van der Waals surface area (Å²) >= 11 is 0. The fourth-order valence-electron chi connectivity index (χ4n) is 2.79. The quantitative estimate of drug-likeness (QED) is 0.788. The van der Waals surface area contributed by atoms with Crippen molar-refractivity contribution in [3.8, 4) is 0 Å². The van der Waals surface area contributed by atoms with Crippen LogP contribution in [-0.2, 0) is 16.1 Å². The number of carbonyl (C=O) groups is 2. The van der Waals surface area contributed by atoms with E-state index in [-0.39, 0.29) is 24.9 Å². The van der Waals surface area contributed by atoms with Crippen molar-refractivity contribution in [2.45, 2.75) is 37.8 Å². The van der Waals surface area contributed by atoms with E-state index in [0.717, 1.165) is 25.7 Å². The van der Waals surface area contributed by atoms with Crippen molar-refractivity contribution in [1.82, 2.24) is 20.4 Å². The number of rotatable bonds is 2. The van der Waals surface area contributed by atoms with E-state index in [0.29, 0.717) is 5.82 Å². The molecule has 1 spiro atoms. The molecule has 0 unspecified atom stereocenters. The lowest BCUT2D eigenvalue weighted by Gasteiger charge is -2.39. The molecule has 1 aliphatic carbocycles. The molecule has 2 aliphatic rings. The van der Waals surface area contributed by atoms with E-state index in [1.807, 2.05) is 0 Å². The molecule has 1 saturated carbocycles. The van der Waals surface area contributed by atoms with E-state index in [1.165, 1.54) is 11.3 Å². The first-order chi connectivity index (χ1) is 8.70. The van der Waals surface area contributed by atoms with Gasteiger partial charge < -0.3 is 14.7 Å². The van der Waals surface area contributed by atoms with Crippen molar-refractivity contribution >= 4 is 11.8 Å². The molecule has 18 heavy (non-hydrogen) atoms. The van der Waals surface area contributed by atoms with Gasteiger partial charge in [-0.05, 0) is 12.8 Å². The summed E-state index contributed by atoms with van der Waals surface area (Å²) in [6.45, 7) is 0.291. The van der Waals surface area contributed by atoms with Crippen molar-refractivity contribution in [3.05, 3.63) is 12.2 Å². The average molecular weight is 250 g/mol. The van der Waals surface area contributed by atoms with E-state index in [4.69, 9.17) is 0 Å². The minimum Gasteiger partial charge on any atom is -0.343 e. The van der Waals surface area contributed by atoms with Crippen molar-refractivity contribution in [1.29, 1.82) is 0 Å². The fourth-order valence-corrected chi connectivity index (χ4v) is 2.79. The Morgan fingerprint density at radius 2 is 2.17 bits per heavy atom. The van der Waals surface area contributed by atoms with Gasteiger partial charge in [0.15, 0.2) is 5.82 Å². The lowest BCUT2D eigenvalue weighted by Crippen LogP contribution is -2.65. The second-order valence-corrected chi connectivity index (χ2v) is 4.85. The summed E-state index contributed by atoms with van der Waals surface area (Å²) in [6, 6.07) is 0. The second-order valence-electron chi connectivity index (χ2n) is 4.85. The van der Waals surface area contributed by atoms with Gasteiger partial charge in [0.1, 0.15) is 12.1 Å². The molecule has 0 radical (unpaired) electrons. The molecule has 3 rings (SSSR count). The van der Waals surface area contributed by atoms with Gasteiger partial charge in [0.2, 0.25) is 18.2 Å². The minimum atomic E-state index is -0.681. The van der Waals surface area contributed by atoms with Crippen LogP contribution in [0.4, 0.5) is 0 Å². The third-order valence-corrected chi connectivity index (χ3v) is 3.61. The first kappa shape index (κ1) is 11.2. The number of aromatic nitrogens is 2. The van der Waals surface area contributed by atoms with Gasteiger partial charge in [-0.25, -0.2) is 0 Å². The minimum absolute atomic E-state index is 0.0237. The Bertz CT molecular complexity index is 465. The third-order valence-electron chi connectivity index (χ3n) is 3.61. The van der Waals surface area contributed by atoms with Crippen LogP contribution in [0.1, 0.15) is 31.5 Å². The lowest BCUT2D eigenvalue weighted by atomic mass is 9.93. The van der Waals surface area contributed by atoms with Crippen LogP contribution >= 0.6 is 0 Å². The summed E-state index contributed by atoms with van der Waals surface area (Å²) in [6.07, 6.45) is 4.61. The SMILES string of the molecule is O=C1CN(Cc2ncon2)C(=O)C2(CCCC2)N1. The summed E-state index contributed by atoms with van der Waals surface area (Å²) in [7, 11) is 0. The van der Waals surface area contributed by atoms with E-state index in [9.17, 15) is 9.59 Å². The molecule has 1 aromatic heterocycles. The molecule has 0 bridgehead atoms. The number of nitrogens with zero attached hydrogens (tertiary/aromatic N) is 3. The summed E-state index contributed by atoms with van der Waals surface area (Å²) < 4.78 is 4.64. The van der Waals surface area contributed by atoms with E-state index < -0.39 is 5.54 Å². The highest BCUT2D eigenvalue weighted by atomic mass is 16.5. The van der Waals surface area contributed by atoms with Crippen LogP contribution in [0.15, 0.2) is 10.9 Å². The molecular formula is C11H14N4O3. The molecule has 0 aromatic carbocycles. The van der Waals surface area contributed by atoms with Crippen LogP contribution in [0, 0.1) is 0 Å². The van der Waals surface area contributed by atoms with Gasteiger partial charge in [0, 0.05) is 0 Å². The Balaban J connectivity index is 1.81. The van der Waals surface area contributed by atoms with Gasteiger partial charge in [-0.15, -0.1) is 0 Å². The van der Waals surface area contributed by atoms with Crippen molar-refractivity contribution in [2.24, 2.45) is 0 Å². The summed E-state index contributed by atoms with van der Waals surface area (Å²) in [5, 5.41) is 6.53. The standard InChI is InChI=1S/C11H14N4O3/c16-9-6-15(5-8-12-7-18-14-8)10(17)11(13-9)3-1-2-4-11/h7H,1-6H2,(H,13,16). The number of hydrogen-bond acceptors (Lipinski definition) is 5. The summed E-state index contributed by atoms with van der Waals surface area (Å²) in [5.74, 6) is 0.288. The second kappa shape index (κ2) is 4.08. The maximum atomic E-state index is 12.4. The third kappa shape index (κ3) is 1.75. The van der Waals surface area contributed by atoms with Crippen LogP contribution in [0.25, 0.3) is 0 Å². The number of carbonyl (C=O) groups excluding carboxylic acids is 2. The zero-order valence-corrected chi connectivity index (χ0v) is 9.89. The normalized spacial score (nSPS) is 22.6. The molecule has 7 heteroatoms. The highest BCUT2D eigenvalue weighted by molar-refractivity contribution is 5.98. The average Bonchev–Trinajstić information content (AvgIpc) is 2.97. The Morgan fingerprint density at radius 3 is 2.83 bits per heavy atom. The maximum absolute atomic E-state index is 12.4. The molecule has 1 aliphatic heterocycles. The number of piperazine rings is 1. The maximum Gasteiger partial charge on any atom is 0.249 e. The molecule has 96 valence electrons. The van der Waals surface area contributed by atoms with Crippen LogP contribution in [0.3, 0.4) is 0 Å². The van der Waals surface area contributed by atoms with Crippen LogP contribution in [-0.4, -0.2) is 38.9 Å². The monoisotopic (exact) mass is 250 g/mol. The van der Waals surface area contributed by atoms with E-state index in [2.05, 4.69) is 20.0 Å². The first-order valence-corrected chi connectivity index (χ1v) is 6.05. The smallest absolute Gasteiger partial charge is 0.249 e. The van der Waals surface area contributed by atoms with Gasteiger partial charge >= 0.3 is 0 Å². The van der Waals surface area contributed by atoms with Crippen LogP contribution in [0.5, 0.6) is 0 Å². The Labute approximate surface area is 104 Å². The van der Waals surface area contributed by atoms with Crippen molar-refractivity contribution in [2.75, 3.05) is 6.54 Å². The fraction of sp³-hybridized carbons (Fsp3) is 0.636. The molecule has 1 saturated heterocycles. The van der Waals surface area contributed by atoms with Crippen LogP contribution < -0.4 is 5.32 Å². The largest absolute Gasteiger partial charge is 0.343 e. The zero-order chi connectivity index (χ0) is 12.6. The van der Waals surface area contributed by atoms with Crippen molar-refractivity contribution < 1.29 is 14.1 Å². The first-order valence-electron chi connectivity index (χ1n) is 6.05. The molecule has 1 N–H and O–H groups in total. The highest BCUT2D eigenvalue weighted by Crippen LogP contribution is 2.33. The van der Waals surface area contributed by atoms with Gasteiger partial charge in [-0.3, -0.25) is 9.59 Å². The van der Waals surface area contributed by atoms with Gasteiger partial charge in [0.05, 0.1) is 6.54 Å². The lowest BCUT2D eigenvalue weighted by molar-refractivity contribution is -0.150. The van der Waals surface area contributed by atoms with Gasteiger partial charge in [-0.1, -0.05) is 18.0 Å². The molecule has 2 heterocycles. The summed E-state index contributed by atoms with van der Waals surface area (Å²) in [4.78, 5) is 29.6. The predicted octanol–water partition coefficient (Wildman–Crippen LogP) is -0.159. The van der Waals surface area contributed by atoms with Crippen molar-refractivity contribution in [3.63, 3.8) is 0 Å². The molecule has 1 aromatic rings.